The lowest BCUT2D eigenvalue weighted by Crippen LogP contribution is -2.30. The van der Waals surface area contributed by atoms with E-state index < -0.39 is 0 Å². The van der Waals surface area contributed by atoms with Gasteiger partial charge in [-0.1, -0.05) is 24.3 Å². The van der Waals surface area contributed by atoms with Crippen LogP contribution in [0.2, 0.25) is 0 Å². The number of anilines is 2. The molecule has 1 heterocycles. The van der Waals surface area contributed by atoms with E-state index in [4.69, 9.17) is 4.74 Å². The van der Waals surface area contributed by atoms with Gasteiger partial charge < -0.3 is 20.3 Å². The first-order valence-electron chi connectivity index (χ1n) is 8.24. The van der Waals surface area contributed by atoms with Crippen molar-refractivity contribution in [3.63, 3.8) is 0 Å². The Kier molecular flexibility index (Phi) is 5.18. The minimum atomic E-state index is -0.318. The Morgan fingerprint density at radius 1 is 1.20 bits per heavy atom. The van der Waals surface area contributed by atoms with Crippen LogP contribution in [0.5, 0.6) is 5.75 Å². The van der Waals surface area contributed by atoms with E-state index in [-0.39, 0.29) is 11.9 Å². The largest absolute Gasteiger partial charge is 0.497 e. The van der Waals surface area contributed by atoms with Crippen LogP contribution >= 0.6 is 0 Å². The standard InChI is InChI=1S/C19H21N3O3/c1-25-15-7-4-6-14(12-15)13-20-19(24)21-16-8-2-3-9-17(16)22-11-5-10-18(22)23/h2-4,6-9,12H,5,10-11,13H2,1H3,(H2,20,21,24). The smallest absolute Gasteiger partial charge is 0.319 e. The number of nitrogens with zero attached hydrogens (tertiary/aromatic N) is 1. The van der Waals surface area contributed by atoms with Gasteiger partial charge in [0.2, 0.25) is 5.91 Å². The summed E-state index contributed by atoms with van der Waals surface area (Å²) in [7, 11) is 1.61. The summed E-state index contributed by atoms with van der Waals surface area (Å²) >= 11 is 0. The number of hydrogen-bond donors (Lipinski definition) is 2. The second kappa shape index (κ2) is 7.70. The van der Waals surface area contributed by atoms with Crippen LogP contribution in [0.15, 0.2) is 48.5 Å². The molecule has 2 aromatic carbocycles. The van der Waals surface area contributed by atoms with Crippen molar-refractivity contribution in [3.05, 3.63) is 54.1 Å². The van der Waals surface area contributed by atoms with Crippen molar-refractivity contribution in [1.82, 2.24) is 5.32 Å². The van der Waals surface area contributed by atoms with E-state index in [0.29, 0.717) is 25.2 Å². The number of methoxy groups -OCH3 is 1. The van der Waals surface area contributed by atoms with Gasteiger partial charge in [-0.15, -0.1) is 0 Å². The maximum atomic E-state index is 12.2. The molecule has 0 atom stereocenters. The van der Waals surface area contributed by atoms with Crippen molar-refractivity contribution >= 4 is 23.3 Å². The molecular weight excluding hydrogens is 318 g/mol. The molecule has 3 rings (SSSR count). The summed E-state index contributed by atoms with van der Waals surface area (Å²) in [5.74, 6) is 0.837. The molecule has 6 nitrogen and oxygen atoms in total. The molecule has 1 fully saturated rings. The van der Waals surface area contributed by atoms with Crippen LogP contribution in [0.25, 0.3) is 0 Å². The lowest BCUT2D eigenvalue weighted by atomic mass is 10.2. The Hall–Kier alpha value is -3.02. The number of ether oxygens (including phenoxy) is 1. The predicted octanol–water partition coefficient (Wildman–Crippen LogP) is 3.14. The van der Waals surface area contributed by atoms with Crippen molar-refractivity contribution < 1.29 is 14.3 Å². The van der Waals surface area contributed by atoms with Gasteiger partial charge >= 0.3 is 6.03 Å². The molecular formula is C19H21N3O3. The van der Waals surface area contributed by atoms with Crippen molar-refractivity contribution in [1.29, 1.82) is 0 Å². The van der Waals surface area contributed by atoms with Crippen molar-refractivity contribution in [2.45, 2.75) is 19.4 Å². The van der Waals surface area contributed by atoms with Gasteiger partial charge in [0, 0.05) is 19.5 Å². The number of carbonyl (C=O) groups excluding carboxylic acids is 2. The molecule has 2 N–H and O–H groups in total. The average molecular weight is 339 g/mol. The fourth-order valence-corrected chi connectivity index (χ4v) is 2.85. The summed E-state index contributed by atoms with van der Waals surface area (Å²) in [6.45, 7) is 1.07. The average Bonchev–Trinajstić information content (AvgIpc) is 3.06. The Balaban J connectivity index is 1.64. The lowest BCUT2D eigenvalue weighted by Gasteiger charge is -2.20. The SMILES string of the molecule is COc1cccc(CNC(=O)Nc2ccccc2N2CCCC2=O)c1. The number of urea groups is 1. The first kappa shape index (κ1) is 16.8. The number of carbonyl (C=O) groups is 2. The summed E-state index contributed by atoms with van der Waals surface area (Å²) in [4.78, 5) is 25.9. The first-order valence-corrected chi connectivity index (χ1v) is 8.24. The molecule has 1 saturated heterocycles. The highest BCUT2D eigenvalue weighted by atomic mass is 16.5. The molecule has 0 aliphatic carbocycles. The Morgan fingerprint density at radius 3 is 2.80 bits per heavy atom. The molecule has 1 aliphatic rings. The number of rotatable bonds is 5. The zero-order valence-corrected chi connectivity index (χ0v) is 14.1. The topological polar surface area (TPSA) is 70.7 Å². The van der Waals surface area contributed by atoms with Crippen molar-refractivity contribution in [2.75, 3.05) is 23.9 Å². The van der Waals surface area contributed by atoms with Gasteiger partial charge in [-0.2, -0.15) is 0 Å². The third-order valence-corrected chi connectivity index (χ3v) is 4.10. The third kappa shape index (κ3) is 4.09. The summed E-state index contributed by atoms with van der Waals surface area (Å²) in [5.41, 5.74) is 2.31. The molecule has 2 aromatic rings. The maximum absolute atomic E-state index is 12.2. The zero-order valence-electron chi connectivity index (χ0n) is 14.1. The first-order chi connectivity index (χ1) is 12.2. The second-order valence-electron chi connectivity index (χ2n) is 5.83. The van der Waals surface area contributed by atoms with Crippen molar-refractivity contribution in [3.8, 4) is 5.75 Å². The van der Waals surface area contributed by atoms with Crippen LogP contribution in [-0.2, 0) is 11.3 Å². The fourth-order valence-electron chi connectivity index (χ4n) is 2.85. The second-order valence-corrected chi connectivity index (χ2v) is 5.83. The molecule has 25 heavy (non-hydrogen) atoms. The third-order valence-electron chi connectivity index (χ3n) is 4.10. The highest BCUT2D eigenvalue weighted by molar-refractivity contribution is 6.01. The van der Waals surface area contributed by atoms with Crippen molar-refractivity contribution in [2.24, 2.45) is 0 Å². The lowest BCUT2D eigenvalue weighted by molar-refractivity contribution is -0.117. The van der Waals surface area contributed by atoms with Gasteiger partial charge in [-0.25, -0.2) is 4.79 Å². The Bertz CT molecular complexity index is 776. The number of amides is 3. The van der Waals surface area contributed by atoms with E-state index in [0.717, 1.165) is 23.4 Å². The van der Waals surface area contributed by atoms with E-state index >= 15 is 0 Å². The van der Waals surface area contributed by atoms with Gasteiger partial charge in [0.05, 0.1) is 18.5 Å². The minimum absolute atomic E-state index is 0.0889. The fraction of sp³-hybridized carbons (Fsp3) is 0.263. The molecule has 1 aliphatic heterocycles. The highest BCUT2D eigenvalue weighted by Crippen LogP contribution is 2.29. The quantitative estimate of drug-likeness (QED) is 0.879. The van der Waals surface area contributed by atoms with E-state index in [9.17, 15) is 9.59 Å². The van der Waals surface area contributed by atoms with Gasteiger partial charge in [-0.05, 0) is 36.2 Å². The molecule has 6 heteroatoms. The van der Waals surface area contributed by atoms with Gasteiger partial charge in [-0.3, -0.25) is 4.79 Å². The summed E-state index contributed by atoms with van der Waals surface area (Å²) in [6.07, 6.45) is 1.39. The Labute approximate surface area is 146 Å². The highest BCUT2D eigenvalue weighted by Gasteiger charge is 2.24. The van der Waals surface area contributed by atoms with E-state index in [2.05, 4.69) is 10.6 Å². The molecule has 0 unspecified atom stereocenters. The molecule has 0 bridgehead atoms. The Morgan fingerprint density at radius 2 is 2.04 bits per heavy atom. The normalized spacial score (nSPS) is 13.6. The number of hydrogen-bond acceptors (Lipinski definition) is 3. The van der Waals surface area contributed by atoms with Crippen LogP contribution in [0.4, 0.5) is 16.2 Å². The van der Waals surface area contributed by atoms with Crippen LogP contribution < -0.4 is 20.3 Å². The number of benzene rings is 2. The van der Waals surface area contributed by atoms with Gasteiger partial charge in [0.15, 0.2) is 0 Å². The van der Waals surface area contributed by atoms with E-state index in [1.807, 2.05) is 42.5 Å². The molecule has 130 valence electrons. The van der Waals surface area contributed by atoms with Gasteiger partial charge in [0.1, 0.15) is 5.75 Å². The summed E-state index contributed by atoms with van der Waals surface area (Å²) in [6, 6.07) is 14.5. The van der Waals surface area contributed by atoms with Gasteiger partial charge in [0.25, 0.3) is 0 Å². The maximum Gasteiger partial charge on any atom is 0.319 e. The van der Waals surface area contributed by atoms with E-state index in [1.54, 1.807) is 18.1 Å². The number of para-hydroxylation sites is 2. The molecule has 0 aromatic heterocycles. The van der Waals surface area contributed by atoms with Crippen LogP contribution in [0, 0.1) is 0 Å². The summed E-state index contributed by atoms with van der Waals surface area (Å²) in [5, 5.41) is 5.65. The van der Waals surface area contributed by atoms with Crippen LogP contribution in [0.3, 0.4) is 0 Å². The minimum Gasteiger partial charge on any atom is -0.497 e. The number of nitrogens with one attached hydrogen (secondary N) is 2. The molecule has 3 amide bonds. The molecule has 0 saturated carbocycles. The molecule has 0 spiro atoms. The monoisotopic (exact) mass is 339 g/mol. The molecule has 0 radical (unpaired) electrons. The predicted molar refractivity (Wildman–Crippen MR) is 96.9 cm³/mol. The van der Waals surface area contributed by atoms with Crippen LogP contribution in [-0.4, -0.2) is 25.6 Å². The van der Waals surface area contributed by atoms with E-state index in [1.165, 1.54) is 0 Å². The zero-order chi connectivity index (χ0) is 17.6. The summed E-state index contributed by atoms with van der Waals surface area (Å²) < 4.78 is 5.17. The van der Waals surface area contributed by atoms with Crippen LogP contribution in [0.1, 0.15) is 18.4 Å².